The van der Waals surface area contributed by atoms with E-state index >= 15 is 0 Å². The summed E-state index contributed by atoms with van der Waals surface area (Å²) in [4.78, 5) is 0. The first-order chi connectivity index (χ1) is 17.0. The molecule has 6 nitrogen and oxygen atoms in total. The lowest BCUT2D eigenvalue weighted by Crippen LogP contribution is -2.27. The first-order valence-corrected chi connectivity index (χ1v) is 17.1. The molecule has 0 unspecified atom stereocenters. The Hall–Kier alpha value is -0.963. The van der Waals surface area contributed by atoms with Gasteiger partial charge in [-0.15, -0.1) is 0 Å². The van der Waals surface area contributed by atoms with Crippen molar-refractivity contribution < 1.29 is 28.1 Å². The first-order valence-electron chi connectivity index (χ1n) is 13.7. The summed E-state index contributed by atoms with van der Waals surface area (Å²) in [5, 5.41) is 0. The molecule has 204 valence electrons. The van der Waals surface area contributed by atoms with Gasteiger partial charge in [-0.3, -0.25) is 0 Å². The molecule has 1 aromatic carbocycles. The van der Waals surface area contributed by atoms with Crippen molar-refractivity contribution >= 4 is 8.32 Å². The van der Waals surface area contributed by atoms with E-state index in [9.17, 15) is 0 Å². The molecule has 35 heavy (non-hydrogen) atoms. The zero-order valence-electron chi connectivity index (χ0n) is 23.0. The Labute approximate surface area is 216 Å². The number of benzene rings is 1. The second kappa shape index (κ2) is 22.3. The average Bonchev–Trinajstić information content (AvgIpc) is 2.83. The smallest absolute Gasteiger partial charge is 0.183 e. The van der Waals surface area contributed by atoms with E-state index in [1.807, 2.05) is 0 Å². The summed E-state index contributed by atoms with van der Waals surface area (Å²) < 4.78 is 33.5. The van der Waals surface area contributed by atoms with Crippen molar-refractivity contribution in [3.8, 4) is 5.75 Å². The van der Waals surface area contributed by atoms with Gasteiger partial charge in [0.15, 0.2) is 8.32 Å². The van der Waals surface area contributed by atoms with Crippen LogP contribution in [0, 0.1) is 0 Å². The second-order valence-corrected chi connectivity index (χ2v) is 14.3. The Morgan fingerprint density at radius 1 is 0.543 bits per heavy atom. The summed E-state index contributed by atoms with van der Waals surface area (Å²) in [6, 6.07) is 8.48. The number of hydrogen-bond acceptors (Lipinski definition) is 6. The molecule has 0 aliphatic carbocycles. The van der Waals surface area contributed by atoms with E-state index in [-0.39, 0.29) is 0 Å². The summed E-state index contributed by atoms with van der Waals surface area (Å²) in [5.74, 6) is 0.901. The van der Waals surface area contributed by atoms with E-state index in [0.29, 0.717) is 66.1 Å². The van der Waals surface area contributed by atoms with Gasteiger partial charge in [0.05, 0.1) is 59.5 Å². The third-order valence-electron chi connectivity index (χ3n) is 5.37. The summed E-state index contributed by atoms with van der Waals surface area (Å²) >= 11 is 0. The van der Waals surface area contributed by atoms with E-state index in [4.69, 9.17) is 28.1 Å². The molecule has 0 N–H and O–H groups in total. The van der Waals surface area contributed by atoms with Crippen LogP contribution in [0.5, 0.6) is 5.75 Å². The summed E-state index contributed by atoms with van der Waals surface area (Å²) in [6.45, 7) is 14.6. The molecular weight excluding hydrogens is 460 g/mol. The summed E-state index contributed by atoms with van der Waals surface area (Å²) in [7, 11) is -1.43. The Morgan fingerprint density at radius 3 is 1.51 bits per heavy atom. The van der Waals surface area contributed by atoms with Crippen molar-refractivity contribution in [1.82, 2.24) is 0 Å². The van der Waals surface area contributed by atoms with E-state index in [2.05, 4.69) is 50.8 Å². The van der Waals surface area contributed by atoms with Crippen LogP contribution in [-0.2, 0) is 29.8 Å². The molecule has 1 rings (SSSR count). The molecule has 0 amide bonds. The van der Waals surface area contributed by atoms with Crippen LogP contribution in [0.1, 0.15) is 57.4 Å². The minimum absolute atomic E-state index is 0.545. The normalized spacial score (nSPS) is 11.8. The minimum Gasteiger partial charge on any atom is -0.491 e. The van der Waals surface area contributed by atoms with Gasteiger partial charge in [-0.2, -0.15) is 0 Å². The van der Waals surface area contributed by atoms with Crippen LogP contribution in [0.3, 0.4) is 0 Å². The predicted octanol–water partition coefficient (Wildman–Crippen LogP) is 6.28. The van der Waals surface area contributed by atoms with Gasteiger partial charge in [0, 0.05) is 0 Å². The Bertz CT molecular complexity index is 576. The highest BCUT2D eigenvalue weighted by Crippen LogP contribution is 2.15. The molecular formula is C28H52O6Si. The lowest BCUT2D eigenvalue weighted by Gasteiger charge is -2.16. The zero-order valence-corrected chi connectivity index (χ0v) is 24.0. The van der Waals surface area contributed by atoms with Gasteiger partial charge in [-0.1, -0.05) is 57.6 Å². The Balaban J connectivity index is 1.84. The van der Waals surface area contributed by atoms with Gasteiger partial charge in [0.25, 0.3) is 0 Å². The van der Waals surface area contributed by atoms with Gasteiger partial charge < -0.3 is 28.1 Å². The maximum absolute atomic E-state index is 5.76. The van der Waals surface area contributed by atoms with Crippen LogP contribution in [0.4, 0.5) is 0 Å². The monoisotopic (exact) mass is 512 g/mol. The maximum Gasteiger partial charge on any atom is 0.183 e. The van der Waals surface area contributed by atoms with E-state index in [1.165, 1.54) is 50.5 Å². The Morgan fingerprint density at radius 2 is 1.00 bits per heavy atom. The van der Waals surface area contributed by atoms with Crippen LogP contribution in [-0.4, -0.2) is 74.4 Å². The molecule has 0 atom stereocenters. The zero-order chi connectivity index (χ0) is 25.5. The van der Waals surface area contributed by atoms with Crippen molar-refractivity contribution in [2.75, 3.05) is 66.1 Å². The molecule has 0 fully saturated rings. The van der Waals surface area contributed by atoms with Gasteiger partial charge in [-0.05, 0) is 50.2 Å². The highest BCUT2D eigenvalue weighted by Gasteiger charge is 2.13. The van der Waals surface area contributed by atoms with E-state index < -0.39 is 8.32 Å². The Kier molecular flexibility index (Phi) is 20.4. The van der Waals surface area contributed by atoms with Gasteiger partial charge in [0.1, 0.15) is 12.4 Å². The number of aryl methyl sites for hydroxylation is 1. The maximum atomic E-state index is 5.76. The van der Waals surface area contributed by atoms with Gasteiger partial charge in [-0.25, -0.2) is 0 Å². The fraction of sp³-hybridized carbons (Fsp3) is 0.786. The number of unbranched alkanes of at least 4 members (excludes halogenated alkanes) is 6. The quantitative estimate of drug-likeness (QED) is 0.114. The van der Waals surface area contributed by atoms with Crippen LogP contribution in [0.15, 0.2) is 24.3 Å². The van der Waals surface area contributed by atoms with Gasteiger partial charge >= 0.3 is 0 Å². The van der Waals surface area contributed by atoms with Crippen molar-refractivity contribution in [2.24, 2.45) is 0 Å². The van der Waals surface area contributed by atoms with Crippen LogP contribution < -0.4 is 4.74 Å². The number of rotatable bonds is 25. The molecule has 0 saturated heterocycles. The highest BCUT2D eigenvalue weighted by atomic mass is 28.4. The SMILES string of the molecule is CCCCCCCCCc1ccc(OCCOCCOCCOCCOCCO[Si](C)(C)C)cc1. The summed E-state index contributed by atoms with van der Waals surface area (Å²) in [6.07, 6.45) is 10.6. The molecule has 1 aromatic rings. The molecule has 0 aromatic heterocycles. The minimum atomic E-state index is -1.43. The molecule has 0 aliphatic heterocycles. The van der Waals surface area contributed by atoms with Crippen molar-refractivity contribution in [1.29, 1.82) is 0 Å². The molecule has 0 saturated carbocycles. The topological polar surface area (TPSA) is 55.4 Å². The van der Waals surface area contributed by atoms with Crippen molar-refractivity contribution in [3.05, 3.63) is 29.8 Å². The van der Waals surface area contributed by atoms with E-state index in [0.717, 1.165) is 12.2 Å². The number of hydrogen-bond donors (Lipinski definition) is 0. The third kappa shape index (κ3) is 22.0. The molecule has 7 heteroatoms. The van der Waals surface area contributed by atoms with Crippen LogP contribution >= 0.6 is 0 Å². The predicted molar refractivity (Wildman–Crippen MR) is 146 cm³/mol. The fourth-order valence-electron chi connectivity index (χ4n) is 3.43. The lowest BCUT2D eigenvalue weighted by molar-refractivity contribution is -0.00721. The second-order valence-electron chi connectivity index (χ2n) is 9.77. The molecule has 0 heterocycles. The van der Waals surface area contributed by atoms with Crippen LogP contribution in [0.2, 0.25) is 19.6 Å². The molecule has 0 aliphatic rings. The van der Waals surface area contributed by atoms with Crippen molar-refractivity contribution in [2.45, 2.75) is 77.9 Å². The van der Waals surface area contributed by atoms with Crippen molar-refractivity contribution in [3.63, 3.8) is 0 Å². The molecule has 0 spiro atoms. The standard InChI is InChI=1S/C28H52O6Si/c1-5-6-7-8-9-10-11-12-27-13-15-28(16-14-27)33-25-23-31-21-19-29-17-18-30-20-22-32-24-26-34-35(2,3)4/h13-16H,5-12,17-26H2,1-4H3. The first kappa shape index (κ1) is 32.1. The third-order valence-corrected chi connectivity index (χ3v) is 6.44. The summed E-state index contributed by atoms with van der Waals surface area (Å²) in [5.41, 5.74) is 1.39. The van der Waals surface area contributed by atoms with E-state index in [1.54, 1.807) is 0 Å². The fourth-order valence-corrected chi connectivity index (χ4v) is 4.12. The lowest BCUT2D eigenvalue weighted by atomic mass is 10.0. The van der Waals surface area contributed by atoms with Gasteiger partial charge in [0.2, 0.25) is 0 Å². The molecule has 0 bridgehead atoms. The molecule has 0 radical (unpaired) electrons. The highest BCUT2D eigenvalue weighted by molar-refractivity contribution is 6.69. The number of ether oxygens (including phenoxy) is 5. The largest absolute Gasteiger partial charge is 0.491 e. The van der Waals surface area contributed by atoms with Crippen LogP contribution in [0.25, 0.3) is 0 Å². The average molecular weight is 513 g/mol.